The van der Waals surface area contributed by atoms with Crippen LogP contribution in [0.25, 0.3) is 10.8 Å². The first kappa shape index (κ1) is 30.9. The number of hydrazine groups is 1. The predicted octanol–water partition coefficient (Wildman–Crippen LogP) is 4.90. The lowest BCUT2D eigenvalue weighted by molar-refractivity contribution is -0.160. The first-order valence-corrected chi connectivity index (χ1v) is 16.1. The molecule has 4 aromatic carbocycles. The zero-order valence-corrected chi connectivity index (χ0v) is 27.1. The predicted molar refractivity (Wildman–Crippen MR) is 177 cm³/mol. The molecule has 2 amide bonds. The highest BCUT2D eigenvalue weighted by Crippen LogP contribution is 2.34. The molecular formula is C35H35Cl2N5O4. The summed E-state index contributed by atoms with van der Waals surface area (Å²) < 4.78 is 11.3. The number of nitrogens with one attached hydrogen (secondary N) is 1. The molecule has 3 heterocycles. The van der Waals surface area contributed by atoms with Crippen LogP contribution in [0.4, 0.5) is 0 Å². The number of fused-ring (bicyclic) bond motifs is 2. The van der Waals surface area contributed by atoms with Gasteiger partial charge in [0.2, 0.25) is 11.8 Å². The summed E-state index contributed by atoms with van der Waals surface area (Å²) in [7, 11) is 3.56. The van der Waals surface area contributed by atoms with Crippen LogP contribution in [0.2, 0.25) is 10.0 Å². The van der Waals surface area contributed by atoms with Crippen molar-refractivity contribution in [2.24, 2.45) is 0 Å². The smallest absolute Gasteiger partial charge is 0.246 e. The van der Waals surface area contributed by atoms with Crippen molar-refractivity contribution in [1.29, 1.82) is 0 Å². The molecule has 4 atom stereocenters. The van der Waals surface area contributed by atoms with Crippen LogP contribution in [0, 0.1) is 0 Å². The highest BCUT2D eigenvalue weighted by Gasteiger charge is 2.54. The van der Waals surface area contributed by atoms with Gasteiger partial charge in [0.05, 0.1) is 30.2 Å². The monoisotopic (exact) mass is 659 g/mol. The lowest BCUT2D eigenvalue weighted by Gasteiger charge is -2.46. The van der Waals surface area contributed by atoms with Crippen LogP contribution in [0.5, 0.6) is 5.75 Å². The van der Waals surface area contributed by atoms with Gasteiger partial charge in [-0.1, -0.05) is 83.9 Å². The van der Waals surface area contributed by atoms with E-state index in [-0.39, 0.29) is 37.0 Å². The molecule has 9 nitrogen and oxygen atoms in total. The number of carbonyl (C=O) groups is 2. The average molecular weight is 661 g/mol. The van der Waals surface area contributed by atoms with Gasteiger partial charge < -0.3 is 19.3 Å². The van der Waals surface area contributed by atoms with Crippen LogP contribution < -0.4 is 10.1 Å². The number of amides is 2. The van der Waals surface area contributed by atoms with Gasteiger partial charge in [0.15, 0.2) is 12.5 Å². The Kier molecular flexibility index (Phi) is 8.63. The van der Waals surface area contributed by atoms with Crippen molar-refractivity contribution in [3.63, 3.8) is 0 Å². The summed E-state index contributed by atoms with van der Waals surface area (Å²) in [6.07, 6.45) is -0.425. The highest BCUT2D eigenvalue weighted by atomic mass is 35.5. The van der Waals surface area contributed by atoms with Gasteiger partial charge in [0.1, 0.15) is 18.0 Å². The number of ether oxygens (including phenoxy) is 2. The number of hydrogen-bond donors (Lipinski definition) is 1. The van der Waals surface area contributed by atoms with E-state index < -0.39 is 6.04 Å². The fourth-order valence-corrected chi connectivity index (χ4v) is 6.96. The van der Waals surface area contributed by atoms with Crippen molar-refractivity contribution in [3.05, 3.63) is 112 Å². The standard InChI is InChI=1S/C35H35Cl2N5O4/c1-39(35-33(46-35)38-18-23-12-15-28(36)29(37)16-23)41-21-32(43)42-30(17-22-10-13-26(45-2)14-11-22)34(44)40(20-31(41)42)19-25-8-5-7-24-6-3-4-9-27(24)25/h3-16,30-31,33,35,38H,17-21H2,1-2H3/t30-,31+,33?,35?/m0/s1. The minimum Gasteiger partial charge on any atom is -0.497 e. The second kappa shape index (κ2) is 12.8. The Morgan fingerprint density at radius 1 is 0.957 bits per heavy atom. The molecular weight excluding hydrogens is 625 g/mol. The molecule has 11 heteroatoms. The SMILES string of the molecule is COc1ccc(C[C@H]2C(=O)N(Cc3cccc4ccccc34)C[C@H]3N2C(=O)CN3N(C)C2OC2NCc2ccc(Cl)c(Cl)c2)cc1. The number of halogens is 2. The molecule has 1 N–H and O–H groups in total. The van der Waals surface area contributed by atoms with Crippen molar-refractivity contribution < 1.29 is 19.1 Å². The number of methoxy groups -OCH3 is 1. The lowest BCUT2D eigenvalue weighted by Crippen LogP contribution is -2.65. The number of carbonyl (C=O) groups excluding carboxylic acids is 2. The van der Waals surface area contributed by atoms with Gasteiger partial charge in [0.25, 0.3) is 0 Å². The minimum absolute atomic E-state index is 0.0540. The molecule has 0 saturated carbocycles. The van der Waals surface area contributed by atoms with E-state index in [1.54, 1.807) is 18.1 Å². The van der Waals surface area contributed by atoms with E-state index in [1.807, 2.05) is 76.6 Å². The number of nitrogens with zero attached hydrogens (tertiary/aromatic N) is 4. The fourth-order valence-electron chi connectivity index (χ4n) is 6.64. The Balaban J connectivity index is 1.12. The summed E-state index contributed by atoms with van der Waals surface area (Å²) >= 11 is 12.3. The maximum absolute atomic E-state index is 14.2. The molecule has 3 aliphatic heterocycles. The van der Waals surface area contributed by atoms with Crippen molar-refractivity contribution in [1.82, 2.24) is 25.1 Å². The Bertz CT molecular complexity index is 1770. The largest absolute Gasteiger partial charge is 0.497 e. The third-order valence-corrected chi connectivity index (χ3v) is 9.87. The molecule has 0 bridgehead atoms. The molecule has 0 aromatic heterocycles. The summed E-state index contributed by atoms with van der Waals surface area (Å²) in [4.78, 5) is 31.6. The highest BCUT2D eigenvalue weighted by molar-refractivity contribution is 6.42. The van der Waals surface area contributed by atoms with Crippen LogP contribution in [-0.4, -0.2) is 83.5 Å². The normalized spacial score (nSPS) is 23.0. The van der Waals surface area contributed by atoms with E-state index in [9.17, 15) is 9.59 Å². The van der Waals surface area contributed by atoms with Crippen LogP contribution in [0.3, 0.4) is 0 Å². The molecule has 238 valence electrons. The topological polar surface area (TPSA) is 80.9 Å². The zero-order valence-electron chi connectivity index (χ0n) is 25.6. The average Bonchev–Trinajstić information content (AvgIpc) is 3.78. The van der Waals surface area contributed by atoms with Crippen LogP contribution in [0.15, 0.2) is 84.9 Å². The van der Waals surface area contributed by atoms with E-state index >= 15 is 0 Å². The maximum atomic E-state index is 14.2. The number of hydrogen-bond acceptors (Lipinski definition) is 7. The summed E-state index contributed by atoms with van der Waals surface area (Å²) in [5.74, 6) is 0.613. The lowest BCUT2D eigenvalue weighted by atomic mass is 9.99. The Morgan fingerprint density at radius 3 is 2.50 bits per heavy atom. The molecule has 7 rings (SSSR count). The van der Waals surface area contributed by atoms with E-state index in [1.165, 1.54) is 0 Å². The third kappa shape index (κ3) is 6.07. The number of rotatable bonds is 10. The van der Waals surface area contributed by atoms with E-state index in [4.69, 9.17) is 32.7 Å². The molecule has 46 heavy (non-hydrogen) atoms. The molecule has 3 fully saturated rings. The van der Waals surface area contributed by atoms with Gasteiger partial charge in [-0.15, -0.1) is 0 Å². The van der Waals surface area contributed by atoms with Crippen molar-refractivity contribution >= 4 is 45.8 Å². The Morgan fingerprint density at radius 2 is 1.72 bits per heavy atom. The van der Waals surface area contributed by atoms with Crippen molar-refractivity contribution in [3.8, 4) is 5.75 Å². The van der Waals surface area contributed by atoms with Crippen molar-refractivity contribution in [2.75, 3.05) is 27.2 Å². The van der Waals surface area contributed by atoms with E-state index in [0.717, 1.165) is 33.2 Å². The number of epoxide rings is 1. The third-order valence-electron chi connectivity index (χ3n) is 9.13. The maximum Gasteiger partial charge on any atom is 0.246 e. The summed E-state index contributed by atoms with van der Waals surface area (Å²) in [6, 6.07) is 27.0. The molecule has 3 saturated heterocycles. The number of benzene rings is 4. The summed E-state index contributed by atoms with van der Waals surface area (Å²) in [6.45, 7) is 1.54. The first-order chi connectivity index (χ1) is 22.3. The number of likely N-dealkylation sites (N-methyl/N-ethyl adjacent to an activating group) is 1. The molecule has 0 spiro atoms. The van der Waals surface area contributed by atoms with E-state index in [2.05, 4.69) is 29.6 Å². The van der Waals surface area contributed by atoms with Gasteiger partial charge in [0, 0.05) is 26.6 Å². The van der Waals surface area contributed by atoms with Crippen LogP contribution in [0.1, 0.15) is 16.7 Å². The van der Waals surface area contributed by atoms with Gasteiger partial charge >= 0.3 is 0 Å². The fraction of sp³-hybridized carbons (Fsp3) is 0.314. The Labute approximate surface area is 278 Å². The summed E-state index contributed by atoms with van der Waals surface area (Å²) in [5, 5.41) is 10.7. The van der Waals surface area contributed by atoms with E-state index in [0.29, 0.717) is 36.1 Å². The van der Waals surface area contributed by atoms with Gasteiger partial charge in [-0.05, 0) is 51.7 Å². The molecule has 0 aliphatic carbocycles. The van der Waals surface area contributed by atoms with Crippen LogP contribution in [-0.2, 0) is 33.8 Å². The second-order valence-corrected chi connectivity index (χ2v) is 12.8. The van der Waals surface area contributed by atoms with Gasteiger partial charge in [-0.25, -0.2) is 10.0 Å². The summed E-state index contributed by atoms with van der Waals surface area (Å²) in [5.41, 5.74) is 3.02. The first-order valence-electron chi connectivity index (χ1n) is 15.3. The minimum atomic E-state index is -0.642. The zero-order chi connectivity index (χ0) is 31.9. The quantitative estimate of drug-likeness (QED) is 0.243. The van der Waals surface area contributed by atoms with Gasteiger partial charge in [-0.3, -0.25) is 14.9 Å². The Hall–Kier alpha value is -3.70. The molecule has 4 aromatic rings. The second-order valence-electron chi connectivity index (χ2n) is 12.0. The number of piperazine rings is 1. The molecule has 0 radical (unpaired) electrons. The van der Waals surface area contributed by atoms with Gasteiger partial charge in [-0.2, -0.15) is 0 Å². The molecule has 3 aliphatic rings. The molecule has 2 unspecified atom stereocenters. The van der Waals surface area contributed by atoms with Crippen molar-refractivity contribution in [2.45, 2.75) is 44.2 Å². The van der Waals surface area contributed by atoms with Crippen LogP contribution >= 0.6 is 23.2 Å².